The molecule has 27 heavy (non-hydrogen) atoms. The number of hydrogen-bond acceptors (Lipinski definition) is 4. The van der Waals surface area contributed by atoms with Gasteiger partial charge >= 0.3 is 0 Å². The summed E-state index contributed by atoms with van der Waals surface area (Å²) in [5.41, 5.74) is 1.66. The average Bonchev–Trinajstić information content (AvgIpc) is 2.65. The number of halogens is 1. The van der Waals surface area contributed by atoms with E-state index in [1.807, 2.05) is 31.0 Å². The number of rotatable bonds is 7. The van der Waals surface area contributed by atoms with E-state index in [0.29, 0.717) is 31.3 Å². The molecule has 7 heteroatoms. The summed E-state index contributed by atoms with van der Waals surface area (Å²) in [6.45, 7) is 3.56. The number of aromatic hydroxyl groups is 1. The molecule has 0 amide bonds. The number of methoxy groups -OCH3 is 2. The second kappa shape index (κ2) is 9.66. The standard InChI is InChI=1S/C20H26FN3O3/c1-5-22-20(23-12-14-6-9-19(27-4)17(25)11-14)24(2)13-15-7-8-18(26-3)16(21)10-15/h6-11,25H,5,12-13H2,1-4H3,(H,22,23). The summed E-state index contributed by atoms with van der Waals surface area (Å²) in [4.78, 5) is 6.50. The van der Waals surface area contributed by atoms with Crippen molar-refractivity contribution in [2.45, 2.75) is 20.0 Å². The summed E-state index contributed by atoms with van der Waals surface area (Å²) < 4.78 is 23.9. The molecule has 6 nitrogen and oxygen atoms in total. The van der Waals surface area contributed by atoms with Gasteiger partial charge in [-0.3, -0.25) is 0 Å². The first-order valence-electron chi connectivity index (χ1n) is 8.66. The van der Waals surface area contributed by atoms with E-state index >= 15 is 0 Å². The van der Waals surface area contributed by atoms with Crippen LogP contribution in [-0.4, -0.2) is 43.8 Å². The van der Waals surface area contributed by atoms with Crippen LogP contribution in [0.1, 0.15) is 18.1 Å². The molecule has 0 saturated carbocycles. The molecule has 0 spiro atoms. The van der Waals surface area contributed by atoms with Crippen molar-refractivity contribution in [3.05, 3.63) is 53.3 Å². The number of nitrogens with one attached hydrogen (secondary N) is 1. The third-order valence-corrected chi connectivity index (χ3v) is 3.99. The molecule has 2 N–H and O–H groups in total. The van der Waals surface area contributed by atoms with Crippen molar-refractivity contribution in [1.82, 2.24) is 10.2 Å². The zero-order valence-corrected chi connectivity index (χ0v) is 16.1. The zero-order chi connectivity index (χ0) is 19.8. The Morgan fingerprint density at radius 3 is 2.37 bits per heavy atom. The van der Waals surface area contributed by atoms with Crippen LogP contribution in [0.15, 0.2) is 41.4 Å². The van der Waals surface area contributed by atoms with Crippen LogP contribution in [0.4, 0.5) is 4.39 Å². The Kier molecular flexibility index (Phi) is 7.28. The molecule has 0 atom stereocenters. The van der Waals surface area contributed by atoms with Gasteiger partial charge in [-0.2, -0.15) is 0 Å². The van der Waals surface area contributed by atoms with E-state index < -0.39 is 0 Å². The Bertz CT molecular complexity index is 796. The maximum atomic E-state index is 13.9. The van der Waals surface area contributed by atoms with E-state index in [-0.39, 0.29) is 17.3 Å². The van der Waals surface area contributed by atoms with Crippen molar-refractivity contribution < 1.29 is 19.0 Å². The molecule has 2 rings (SSSR count). The molecule has 146 valence electrons. The van der Waals surface area contributed by atoms with Gasteiger partial charge < -0.3 is 24.8 Å². The SMILES string of the molecule is CCNC(=NCc1ccc(OC)c(O)c1)N(C)Cc1ccc(OC)c(F)c1. The summed E-state index contributed by atoms with van der Waals surface area (Å²) >= 11 is 0. The molecule has 2 aromatic carbocycles. The molecule has 0 aliphatic heterocycles. The predicted molar refractivity (Wildman–Crippen MR) is 104 cm³/mol. The molecule has 0 aromatic heterocycles. The first-order chi connectivity index (χ1) is 13.0. The molecule has 0 saturated heterocycles. The minimum atomic E-state index is -0.390. The Morgan fingerprint density at radius 2 is 1.78 bits per heavy atom. The van der Waals surface area contributed by atoms with E-state index in [2.05, 4.69) is 10.3 Å². The summed E-state index contributed by atoms with van der Waals surface area (Å²) in [6, 6.07) is 10.1. The summed E-state index contributed by atoms with van der Waals surface area (Å²) in [5.74, 6) is 1.02. The number of ether oxygens (including phenoxy) is 2. The minimum absolute atomic E-state index is 0.0808. The first-order valence-corrected chi connectivity index (χ1v) is 8.66. The van der Waals surface area contributed by atoms with E-state index in [0.717, 1.165) is 11.1 Å². The number of benzene rings is 2. The maximum Gasteiger partial charge on any atom is 0.194 e. The van der Waals surface area contributed by atoms with Crippen LogP contribution in [0.2, 0.25) is 0 Å². The molecule has 0 aliphatic rings. The van der Waals surface area contributed by atoms with Gasteiger partial charge in [-0.05, 0) is 42.3 Å². The number of phenolic OH excluding ortho intramolecular Hbond substituents is 1. The van der Waals surface area contributed by atoms with Gasteiger partial charge in [0.05, 0.1) is 20.8 Å². The molecule has 0 heterocycles. The van der Waals surface area contributed by atoms with Gasteiger partial charge in [0.15, 0.2) is 29.0 Å². The largest absolute Gasteiger partial charge is 0.504 e. The summed E-state index contributed by atoms with van der Waals surface area (Å²) in [5, 5.41) is 13.1. The van der Waals surface area contributed by atoms with Crippen LogP contribution >= 0.6 is 0 Å². The molecule has 0 aliphatic carbocycles. The molecule has 0 radical (unpaired) electrons. The van der Waals surface area contributed by atoms with Gasteiger partial charge in [0.2, 0.25) is 0 Å². The van der Waals surface area contributed by atoms with Crippen LogP contribution in [0.25, 0.3) is 0 Å². The predicted octanol–water partition coefficient (Wildman–Crippen LogP) is 3.15. The fourth-order valence-corrected chi connectivity index (χ4v) is 2.63. The molecule has 0 bridgehead atoms. The van der Waals surface area contributed by atoms with Gasteiger partial charge in [-0.15, -0.1) is 0 Å². The van der Waals surface area contributed by atoms with Gasteiger partial charge in [-0.25, -0.2) is 9.38 Å². The van der Waals surface area contributed by atoms with Crippen molar-refractivity contribution in [1.29, 1.82) is 0 Å². The highest BCUT2D eigenvalue weighted by Crippen LogP contribution is 2.26. The smallest absolute Gasteiger partial charge is 0.194 e. The van der Waals surface area contributed by atoms with Crippen LogP contribution in [0.3, 0.4) is 0 Å². The lowest BCUT2D eigenvalue weighted by molar-refractivity contribution is 0.373. The van der Waals surface area contributed by atoms with Gasteiger partial charge in [0, 0.05) is 20.1 Å². The average molecular weight is 375 g/mol. The molecule has 2 aromatic rings. The number of phenols is 1. The second-order valence-electron chi connectivity index (χ2n) is 6.00. The topological polar surface area (TPSA) is 66.3 Å². The number of guanidine groups is 1. The quantitative estimate of drug-likeness (QED) is 0.575. The van der Waals surface area contributed by atoms with Gasteiger partial charge in [-0.1, -0.05) is 12.1 Å². The summed E-state index contributed by atoms with van der Waals surface area (Å²) in [6.07, 6.45) is 0. The highest BCUT2D eigenvalue weighted by atomic mass is 19.1. The molecule has 0 fully saturated rings. The van der Waals surface area contributed by atoms with Crippen molar-refractivity contribution >= 4 is 5.96 Å². The fourth-order valence-electron chi connectivity index (χ4n) is 2.63. The van der Waals surface area contributed by atoms with E-state index in [1.54, 1.807) is 18.2 Å². The Hall–Kier alpha value is -2.96. The van der Waals surface area contributed by atoms with Crippen LogP contribution in [0.5, 0.6) is 17.2 Å². The van der Waals surface area contributed by atoms with Crippen molar-refractivity contribution in [2.75, 3.05) is 27.8 Å². The Morgan fingerprint density at radius 1 is 1.11 bits per heavy atom. The van der Waals surface area contributed by atoms with Crippen LogP contribution in [0, 0.1) is 5.82 Å². The molecular formula is C20H26FN3O3. The lowest BCUT2D eigenvalue weighted by atomic mass is 10.2. The van der Waals surface area contributed by atoms with E-state index in [1.165, 1.54) is 20.3 Å². The fraction of sp³-hybridized carbons (Fsp3) is 0.350. The maximum absolute atomic E-state index is 13.9. The third kappa shape index (κ3) is 5.51. The van der Waals surface area contributed by atoms with Gasteiger partial charge in [0.1, 0.15) is 0 Å². The van der Waals surface area contributed by atoms with Crippen LogP contribution < -0.4 is 14.8 Å². The minimum Gasteiger partial charge on any atom is -0.504 e. The Balaban J connectivity index is 2.11. The Labute approximate surface area is 159 Å². The van der Waals surface area contributed by atoms with Crippen molar-refractivity contribution in [3.63, 3.8) is 0 Å². The normalized spacial score (nSPS) is 11.2. The monoisotopic (exact) mass is 375 g/mol. The van der Waals surface area contributed by atoms with E-state index in [9.17, 15) is 9.50 Å². The summed E-state index contributed by atoms with van der Waals surface area (Å²) in [7, 11) is 4.83. The third-order valence-electron chi connectivity index (χ3n) is 3.99. The second-order valence-corrected chi connectivity index (χ2v) is 6.00. The zero-order valence-electron chi connectivity index (χ0n) is 16.1. The van der Waals surface area contributed by atoms with Crippen LogP contribution in [-0.2, 0) is 13.1 Å². The highest BCUT2D eigenvalue weighted by Gasteiger charge is 2.10. The lowest BCUT2D eigenvalue weighted by Gasteiger charge is -2.22. The van der Waals surface area contributed by atoms with Crippen molar-refractivity contribution in [2.24, 2.45) is 4.99 Å². The number of aliphatic imine (C=N–C) groups is 1. The number of nitrogens with zero attached hydrogens (tertiary/aromatic N) is 2. The lowest BCUT2D eigenvalue weighted by Crippen LogP contribution is -2.38. The van der Waals surface area contributed by atoms with Crippen molar-refractivity contribution in [3.8, 4) is 17.2 Å². The van der Waals surface area contributed by atoms with Gasteiger partial charge in [0.25, 0.3) is 0 Å². The number of hydrogen-bond donors (Lipinski definition) is 2. The highest BCUT2D eigenvalue weighted by molar-refractivity contribution is 5.79. The van der Waals surface area contributed by atoms with E-state index in [4.69, 9.17) is 9.47 Å². The molecular weight excluding hydrogens is 349 g/mol. The molecule has 0 unspecified atom stereocenters. The first kappa shape index (κ1) is 20.4.